The van der Waals surface area contributed by atoms with Crippen LogP contribution in [-0.2, 0) is 46.5 Å². The molecule has 3 heteroatoms. The van der Waals surface area contributed by atoms with Crippen molar-refractivity contribution in [1.82, 2.24) is 0 Å². The molecule has 0 aromatic heterocycles. The van der Waals surface area contributed by atoms with E-state index in [1.807, 2.05) is 0 Å². The predicted octanol–water partition coefficient (Wildman–Crippen LogP) is 5.73. The molecule has 0 N–H and O–H groups in total. The van der Waals surface area contributed by atoms with Crippen LogP contribution in [0.4, 0.5) is 0 Å². The molecule has 0 fully saturated rings. The fourth-order valence-corrected chi connectivity index (χ4v) is 3.03. The number of rotatable bonds is 0. The molecule has 110 valence electrons. The Morgan fingerprint density at radius 2 is 0.810 bits per heavy atom. The molecule has 0 amide bonds. The van der Waals surface area contributed by atoms with Crippen molar-refractivity contribution in [2.75, 3.05) is 0 Å². The van der Waals surface area contributed by atoms with E-state index in [0.29, 0.717) is 0 Å². The Bertz CT molecular complexity index is 459. The van der Waals surface area contributed by atoms with Gasteiger partial charge in [-0.25, -0.2) is 0 Å². The van der Waals surface area contributed by atoms with Crippen molar-refractivity contribution in [1.29, 1.82) is 0 Å². The molecule has 2 aromatic carbocycles. The van der Waals surface area contributed by atoms with Crippen molar-refractivity contribution in [3.8, 4) is 0 Å². The van der Waals surface area contributed by atoms with E-state index >= 15 is 0 Å². The number of hydrogen-bond donors (Lipinski definition) is 0. The molecule has 0 radical (unpaired) electrons. The minimum absolute atomic E-state index is 0.826. The molecular formula is C18H20Cl2Zr. The van der Waals surface area contributed by atoms with E-state index in [9.17, 15) is 0 Å². The molecule has 2 aliphatic carbocycles. The molecular weight excluding hydrogens is 378 g/mol. The first-order valence-corrected chi connectivity index (χ1v) is 13.8. The average Bonchev–Trinajstić information content (AvgIpc) is 3.17. The number of aryl methyl sites for hydroxylation is 4. The van der Waals surface area contributed by atoms with E-state index in [-0.39, 0.29) is 0 Å². The van der Waals surface area contributed by atoms with E-state index in [2.05, 4.69) is 48.5 Å². The summed E-state index contributed by atoms with van der Waals surface area (Å²) in [6, 6.07) is 17.5. The van der Waals surface area contributed by atoms with Crippen LogP contribution >= 0.6 is 17.0 Å². The van der Waals surface area contributed by atoms with Gasteiger partial charge in [0.1, 0.15) is 0 Å². The predicted molar refractivity (Wildman–Crippen MR) is 88.6 cm³/mol. The average molecular weight is 398 g/mol. The van der Waals surface area contributed by atoms with E-state index in [0.717, 1.165) is 0 Å². The third-order valence-corrected chi connectivity index (χ3v) is 4.02. The van der Waals surface area contributed by atoms with Gasteiger partial charge >= 0.3 is 37.9 Å². The normalized spacial score (nSPS) is 14.0. The van der Waals surface area contributed by atoms with Gasteiger partial charge in [0.2, 0.25) is 0 Å². The summed E-state index contributed by atoms with van der Waals surface area (Å²) in [6.07, 6.45) is 7.93. The van der Waals surface area contributed by atoms with Gasteiger partial charge in [0, 0.05) is 0 Å². The fraction of sp³-hybridized carbons (Fsp3) is 0.333. The van der Waals surface area contributed by atoms with Gasteiger partial charge in [0.25, 0.3) is 0 Å². The van der Waals surface area contributed by atoms with E-state index in [1.165, 1.54) is 38.5 Å². The summed E-state index contributed by atoms with van der Waals surface area (Å²) in [5.74, 6) is 0. The molecule has 0 saturated carbocycles. The van der Waals surface area contributed by atoms with Crippen LogP contribution in [0, 0.1) is 0 Å². The van der Waals surface area contributed by atoms with Crippen LogP contribution in [0.1, 0.15) is 35.1 Å². The standard InChI is InChI=1S/2C9H10.2ClH.Zr/c2*1-2-5-9-7-3-6-8(9)4-1;;;/h2*1-2,4-5H,3,6-7H2;2*1H;/q;;;;+2/p-2. The minimum Gasteiger partial charge on any atom is -0.0620 e. The van der Waals surface area contributed by atoms with Gasteiger partial charge in [-0.1, -0.05) is 48.5 Å². The molecule has 0 atom stereocenters. The first kappa shape index (κ1) is 17.3. The van der Waals surface area contributed by atoms with Gasteiger partial charge in [0.05, 0.1) is 0 Å². The number of fused-ring (bicyclic) bond motifs is 2. The second kappa shape index (κ2) is 9.83. The monoisotopic (exact) mass is 396 g/mol. The Hall–Kier alpha value is -0.0969. The maximum atomic E-state index is 4.93. The number of halogens is 2. The van der Waals surface area contributed by atoms with Gasteiger partial charge < -0.3 is 0 Å². The SMILES string of the molecule is [Cl][Zr][Cl].c1ccc2c(c1)CCC2.c1ccc2c(c1)CCC2. The minimum atomic E-state index is -0.826. The van der Waals surface area contributed by atoms with Crippen molar-refractivity contribution >= 4 is 17.0 Å². The quantitative estimate of drug-likeness (QED) is 0.532. The first-order chi connectivity index (χ1) is 10.3. The Kier molecular flexibility index (Phi) is 8.08. The van der Waals surface area contributed by atoms with Gasteiger partial charge in [-0.2, -0.15) is 0 Å². The van der Waals surface area contributed by atoms with Crippen molar-refractivity contribution in [2.45, 2.75) is 38.5 Å². The summed E-state index contributed by atoms with van der Waals surface area (Å²) in [6.45, 7) is 0. The summed E-state index contributed by atoms with van der Waals surface area (Å²) >= 11 is -0.826. The maximum Gasteiger partial charge on any atom is -0.0273 e. The number of hydrogen-bond acceptors (Lipinski definition) is 0. The Labute approximate surface area is 146 Å². The smallest absolute Gasteiger partial charge is 0.0273 e. The van der Waals surface area contributed by atoms with Crippen LogP contribution in [-0.4, -0.2) is 0 Å². The van der Waals surface area contributed by atoms with Crippen molar-refractivity contribution in [2.24, 2.45) is 0 Å². The van der Waals surface area contributed by atoms with E-state index in [1.54, 1.807) is 22.3 Å². The summed E-state index contributed by atoms with van der Waals surface area (Å²) in [5, 5.41) is 0. The van der Waals surface area contributed by atoms with E-state index < -0.39 is 20.8 Å². The van der Waals surface area contributed by atoms with Crippen molar-refractivity contribution in [3.05, 3.63) is 70.8 Å². The summed E-state index contributed by atoms with van der Waals surface area (Å²) in [5.41, 5.74) is 6.27. The maximum absolute atomic E-state index is 4.93. The van der Waals surface area contributed by atoms with Crippen LogP contribution < -0.4 is 0 Å². The van der Waals surface area contributed by atoms with Gasteiger partial charge in [-0.3, -0.25) is 0 Å². The van der Waals surface area contributed by atoms with Crippen LogP contribution in [0.2, 0.25) is 0 Å². The molecule has 4 rings (SSSR count). The Balaban J connectivity index is 0.000000130. The van der Waals surface area contributed by atoms with Gasteiger partial charge in [-0.15, -0.1) is 0 Å². The van der Waals surface area contributed by atoms with Crippen LogP contribution in [0.5, 0.6) is 0 Å². The molecule has 0 saturated heterocycles. The van der Waals surface area contributed by atoms with Crippen LogP contribution in [0.3, 0.4) is 0 Å². The number of benzene rings is 2. The summed E-state index contributed by atoms with van der Waals surface area (Å²) < 4.78 is 0. The van der Waals surface area contributed by atoms with E-state index in [4.69, 9.17) is 17.0 Å². The molecule has 21 heavy (non-hydrogen) atoms. The first-order valence-electron chi connectivity index (χ1n) is 7.45. The molecule has 0 nitrogen and oxygen atoms in total. The van der Waals surface area contributed by atoms with Crippen molar-refractivity contribution in [3.63, 3.8) is 0 Å². The zero-order valence-corrected chi connectivity index (χ0v) is 16.1. The summed E-state index contributed by atoms with van der Waals surface area (Å²) in [7, 11) is 9.87. The zero-order valence-electron chi connectivity index (χ0n) is 12.1. The molecule has 0 aliphatic heterocycles. The Morgan fingerprint density at radius 3 is 1.05 bits per heavy atom. The van der Waals surface area contributed by atoms with Crippen LogP contribution in [0.15, 0.2) is 48.5 Å². The third kappa shape index (κ3) is 5.55. The molecule has 0 unspecified atom stereocenters. The van der Waals surface area contributed by atoms with Crippen molar-refractivity contribution < 1.29 is 20.8 Å². The molecule has 0 spiro atoms. The fourth-order valence-electron chi connectivity index (χ4n) is 3.03. The van der Waals surface area contributed by atoms with Gasteiger partial charge in [-0.05, 0) is 60.8 Å². The second-order valence-corrected chi connectivity index (χ2v) is 9.05. The molecule has 0 heterocycles. The third-order valence-electron chi connectivity index (χ3n) is 4.02. The van der Waals surface area contributed by atoms with Crippen LogP contribution in [0.25, 0.3) is 0 Å². The van der Waals surface area contributed by atoms with Gasteiger partial charge in [0.15, 0.2) is 0 Å². The Morgan fingerprint density at radius 1 is 0.571 bits per heavy atom. The molecule has 2 aliphatic rings. The molecule has 0 bridgehead atoms. The topological polar surface area (TPSA) is 0 Å². The second-order valence-electron chi connectivity index (χ2n) is 5.32. The largest absolute Gasteiger partial charge is 0.0620 e. The summed E-state index contributed by atoms with van der Waals surface area (Å²) in [4.78, 5) is 0. The molecule has 2 aromatic rings. The zero-order chi connectivity index (χ0) is 14.9.